The molecular formula is C16H18N4O2S. The van der Waals surface area contributed by atoms with Crippen LogP contribution in [0.4, 0.5) is 0 Å². The van der Waals surface area contributed by atoms with E-state index in [2.05, 4.69) is 9.97 Å². The fourth-order valence-corrected chi connectivity index (χ4v) is 3.62. The Morgan fingerprint density at radius 1 is 1.09 bits per heavy atom. The molecule has 0 radical (unpaired) electrons. The fraction of sp³-hybridized carbons (Fsp3) is 0.375. The van der Waals surface area contributed by atoms with Crippen molar-refractivity contribution in [3.8, 4) is 10.6 Å². The van der Waals surface area contributed by atoms with Crippen molar-refractivity contribution in [2.75, 3.05) is 26.2 Å². The summed E-state index contributed by atoms with van der Waals surface area (Å²) in [7, 11) is 0. The van der Waals surface area contributed by atoms with E-state index in [0.717, 1.165) is 16.3 Å². The first-order chi connectivity index (χ1) is 11.1. The van der Waals surface area contributed by atoms with Crippen LogP contribution in [0.25, 0.3) is 10.6 Å². The molecule has 0 spiro atoms. The molecule has 0 bridgehead atoms. The lowest BCUT2D eigenvalue weighted by molar-refractivity contribution is -0.130. The van der Waals surface area contributed by atoms with E-state index in [4.69, 9.17) is 0 Å². The second-order valence-corrected chi connectivity index (χ2v) is 6.47. The number of carbonyl (C=O) groups excluding carboxylic acids is 2. The summed E-state index contributed by atoms with van der Waals surface area (Å²) in [6.07, 6.45) is 3.43. The van der Waals surface area contributed by atoms with Gasteiger partial charge in [0, 0.05) is 51.1 Å². The molecule has 0 N–H and O–H groups in total. The average Bonchev–Trinajstić information content (AvgIpc) is 2.97. The molecule has 3 heterocycles. The molecule has 1 saturated heterocycles. The number of aryl methyl sites for hydroxylation is 1. The van der Waals surface area contributed by atoms with Gasteiger partial charge in [-0.25, -0.2) is 4.98 Å². The van der Waals surface area contributed by atoms with Gasteiger partial charge >= 0.3 is 0 Å². The molecule has 0 aliphatic carbocycles. The third-order valence-electron chi connectivity index (χ3n) is 3.93. The lowest BCUT2D eigenvalue weighted by atomic mass is 10.2. The molecule has 2 amide bonds. The van der Waals surface area contributed by atoms with Crippen LogP contribution in [-0.2, 0) is 4.79 Å². The summed E-state index contributed by atoms with van der Waals surface area (Å²) in [5, 5.41) is 0.829. The number of nitrogens with zero attached hydrogens (tertiary/aromatic N) is 4. The number of carbonyl (C=O) groups is 2. The van der Waals surface area contributed by atoms with Crippen LogP contribution in [0.1, 0.15) is 22.3 Å². The summed E-state index contributed by atoms with van der Waals surface area (Å²) in [6, 6.07) is 3.77. The molecule has 1 aliphatic rings. The van der Waals surface area contributed by atoms with E-state index in [1.807, 2.05) is 19.1 Å². The van der Waals surface area contributed by atoms with E-state index in [0.29, 0.717) is 31.1 Å². The van der Waals surface area contributed by atoms with Crippen molar-refractivity contribution in [2.24, 2.45) is 0 Å². The smallest absolute Gasteiger partial charge is 0.265 e. The second kappa shape index (κ2) is 6.45. The van der Waals surface area contributed by atoms with Gasteiger partial charge in [0.2, 0.25) is 5.91 Å². The molecule has 6 nitrogen and oxygen atoms in total. The van der Waals surface area contributed by atoms with E-state index in [-0.39, 0.29) is 11.8 Å². The van der Waals surface area contributed by atoms with Gasteiger partial charge in [-0.1, -0.05) is 0 Å². The van der Waals surface area contributed by atoms with E-state index >= 15 is 0 Å². The van der Waals surface area contributed by atoms with Gasteiger partial charge < -0.3 is 9.80 Å². The van der Waals surface area contributed by atoms with Gasteiger partial charge in [0.15, 0.2) is 0 Å². The van der Waals surface area contributed by atoms with E-state index in [9.17, 15) is 9.59 Å². The van der Waals surface area contributed by atoms with Crippen LogP contribution in [0, 0.1) is 6.92 Å². The fourth-order valence-electron chi connectivity index (χ4n) is 2.58. The zero-order chi connectivity index (χ0) is 16.4. The van der Waals surface area contributed by atoms with Crippen molar-refractivity contribution in [1.29, 1.82) is 0 Å². The van der Waals surface area contributed by atoms with Crippen molar-refractivity contribution in [2.45, 2.75) is 13.8 Å². The predicted octanol–water partition coefficient (Wildman–Crippen LogP) is 1.82. The summed E-state index contributed by atoms with van der Waals surface area (Å²) in [4.78, 5) is 36.9. The number of hydrogen-bond acceptors (Lipinski definition) is 5. The van der Waals surface area contributed by atoms with Crippen molar-refractivity contribution >= 4 is 23.2 Å². The van der Waals surface area contributed by atoms with Crippen LogP contribution in [0.15, 0.2) is 24.5 Å². The molecule has 7 heteroatoms. The highest BCUT2D eigenvalue weighted by Crippen LogP contribution is 2.28. The quantitative estimate of drug-likeness (QED) is 0.842. The SMILES string of the molecule is CC(=O)N1CCN(C(=O)c2sc(-c3ccncc3)nc2C)CC1. The van der Waals surface area contributed by atoms with Gasteiger partial charge in [0.25, 0.3) is 5.91 Å². The summed E-state index contributed by atoms with van der Waals surface area (Å²) in [5.74, 6) is 0.0644. The van der Waals surface area contributed by atoms with Crippen molar-refractivity contribution < 1.29 is 9.59 Å². The first-order valence-electron chi connectivity index (χ1n) is 7.49. The number of thiazole rings is 1. The summed E-state index contributed by atoms with van der Waals surface area (Å²) >= 11 is 1.41. The largest absolute Gasteiger partial charge is 0.339 e. The minimum absolute atomic E-state index is 0.00325. The van der Waals surface area contributed by atoms with Gasteiger partial charge in [-0.15, -0.1) is 11.3 Å². The zero-order valence-electron chi connectivity index (χ0n) is 13.2. The number of amides is 2. The van der Waals surface area contributed by atoms with Crippen LogP contribution >= 0.6 is 11.3 Å². The monoisotopic (exact) mass is 330 g/mol. The van der Waals surface area contributed by atoms with Crippen LogP contribution in [-0.4, -0.2) is 57.8 Å². The number of hydrogen-bond donors (Lipinski definition) is 0. The number of aromatic nitrogens is 2. The van der Waals surface area contributed by atoms with Gasteiger partial charge in [-0.05, 0) is 19.1 Å². The van der Waals surface area contributed by atoms with Crippen LogP contribution < -0.4 is 0 Å². The third kappa shape index (κ3) is 3.24. The maximum Gasteiger partial charge on any atom is 0.265 e. The van der Waals surface area contributed by atoms with Crippen LogP contribution in [0.3, 0.4) is 0 Å². The molecule has 0 aromatic carbocycles. The highest BCUT2D eigenvalue weighted by atomic mass is 32.1. The molecule has 120 valence electrons. The highest BCUT2D eigenvalue weighted by molar-refractivity contribution is 7.17. The topological polar surface area (TPSA) is 66.4 Å². The summed E-state index contributed by atoms with van der Waals surface area (Å²) in [6.45, 7) is 5.75. The number of piperazine rings is 1. The highest BCUT2D eigenvalue weighted by Gasteiger charge is 2.26. The van der Waals surface area contributed by atoms with Crippen molar-refractivity contribution in [3.63, 3.8) is 0 Å². The van der Waals surface area contributed by atoms with Gasteiger partial charge in [-0.3, -0.25) is 14.6 Å². The Morgan fingerprint density at radius 2 is 1.70 bits per heavy atom. The Labute approximate surface area is 138 Å². The molecule has 3 rings (SSSR count). The first-order valence-corrected chi connectivity index (χ1v) is 8.30. The maximum atomic E-state index is 12.7. The second-order valence-electron chi connectivity index (χ2n) is 5.47. The Balaban J connectivity index is 1.76. The normalized spacial score (nSPS) is 14.9. The third-order valence-corrected chi connectivity index (χ3v) is 5.12. The van der Waals surface area contributed by atoms with Gasteiger partial charge in [0.1, 0.15) is 9.88 Å². The first kappa shape index (κ1) is 15.6. The van der Waals surface area contributed by atoms with Gasteiger partial charge in [-0.2, -0.15) is 0 Å². The van der Waals surface area contributed by atoms with Crippen LogP contribution in [0.2, 0.25) is 0 Å². The summed E-state index contributed by atoms with van der Waals surface area (Å²) in [5.41, 5.74) is 1.72. The van der Waals surface area contributed by atoms with Gasteiger partial charge in [0.05, 0.1) is 5.69 Å². The molecule has 2 aromatic rings. The average molecular weight is 330 g/mol. The number of rotatable bonds is 2. The van der Waals surface area contributed by atoms with E-state index in [1.165, 1.54) is 11.3 Å². The molecule has 23 heavy (non-hydrogen) atoms. The Morgan fingerprint density at radius 3 is 2.30 bits per heavy atom. The minimum Gasteiger partial charge on any atom is -0.339 e. The van der Waals surface area contributed by atoms with Crippen molar-refractivity contribution in [1.82, 2.24) is 19.8 Å². The minimum atomic E-state index is 0.00325. The standard InChI is InChI=1S/C16H18N4O2S/c1-11-14(23-15(18-11)13-3-5-17-6-4-13)16(22)20-9-7-19(8-10-20)12(2)21/h3-6H,7-10H2,1-2H3. The summed E-state index contributed by atoms with van der Waals surface area (Å²) < 4.78 is 0. The Bertz CT molecular complexity index is 721. The van der Waals surface area contributed by atoms with Crippen molar-refractivity contribution in [3.05, 3.63) is 35.1 Å². The number of pyridine rings is 1. The molecule has 0 unspecified atom stereocenters. The molecule has 1 aliphatic heterocycles. The molecular weight excluding hydrogens is 312 g/mol. The lowest BCUT2D eigenvalue weighted by Crippen LogP contribution is -2.50. The molecule has 1 fully saturated rings. The van der Waals surface area contributed by atoms with E-state index < -0.39 is 0 Å². The Kier molecular flexibility index (Phi) is 4.38. The maximum absolute atomic E-state index is 12.7. The lowest BCUT2D eigenvalue weighted by Gasteiger charge is -2.34. The zero-order valence-corrected chi connectivity index (χ0v) is 14.0. The molecule has 2 aromatic heterocycles. The van der Waals surface area contributed by atoms with E-state index in [1.54, 1.807) is 29.1 Å². The predicted molar refractivity (Wildman–Crippen MR) is 88.2 cm³/mol. The molecule has 0 atom stereocenters. The van der Waals surface area contributed by atoms with Crippen LogP contribution in [0.5, 0.6) is 0 Å². The molecule has 0 saturated carbocycles. The Hall–Kier alpha value is -2.28.